The van der Waals surface area contributed by atoms with Crippen LogP contribution < -0.4 is 19.7 Å². The first-order valence-electron chi connectivity index (χ1n) is 17.8. The second-order valence-corrected chi connectivity index (χ2v) is 14.9. The number of nitrogens with zero attached hydrogens (tertiary/aromatic N) is 3. The third-order valence-electron chi connectivity index (χ3n) is 9.17. The summed E-state index contributed by atoms with van der Waals surface area (Å²) in [5.41, 5.74) is 3.28. The lowest BCUT2D eigenvalue weighted by molar-refractivity contribution is -0.144. The van der Waals surface area contributed by atoms with E-state index in [-0.39, 0.29) is 48.5 Å². The molecule has 5 rings (SSSR count). The van der Waals surface area contributed by atoms with Crippen LogP contribution in [0.15, 0.2) is 66.7 Å². The van der Waals surface area contributed by atoms with Gasteiger partial charge in [-0.15, -0.1) is 24.8 Å². The van der Waals surface area contributed by atoms with Crippen LogP contribution in [-0.4, -0.2) is 94.3 Å². The monoisotopic (exact) mass is 776 g/mol. The number of methoxy groups -OCH3 is 1. The number of anilines is 1. The van der Waals surface area contributed by atoms with Crippen LogP contribution in [0.5, 0.6) is 11.5 Å². The predicted octanol–water partition coefficient (Wildman–Crippen LogP) is 7.21. The first kappa shape index (κ1) is 43.4. The van der Waals surface area contributed by atoms with Crippen molar-refractivity contribution >= 4 is 53.9 Å². The van der Waals surface area contributed by atoms with E-state index in [0.717, 1.165) is 51.0 Å². The number of carbonyl (C=O) groups excluding carboxylic acids is 2. The van der Waals surface area contributed by atoms with Gasteiger partial charge in [0.2, 0.25) is 5.91 Å². The summed E-state index contributed by atoms with van der Waals surface area (Å²) in [6.45, 7) is 11.8. The number of piperazine rings is 1. The molecule has 2 amide bonds. The maximum atomic E-state index is 14.4. The molecule has 2 atom stereocenters. The zero-order chi connectivity index (χ0) is 35.7. The van der Waals surface area contributed by atoms with E-state index < -0.39 is 12.2 Å². The van der Waals surface area contributed by atoms with Crippen molar-refractivity contribution < 1.29 is 23.8 Å². The molecule has 1 N–H and O–H groups in total. The van der Waals surface area contributed by atoms with Crippen molar-refractivity contribution in [3.8, 4) is 11.5 Å². The number of nitrogens with one attached hydrogen (secondary N) is 1. The Hall–Kier alpha value is -3.05. The Morgan fingerprint density at radius 1 is 0.942 bits per heavy atom. The number of halogens is 3. The number of rotatable bonds is 14. The average molecular weight is 778 g/mol. The zero-order valence-corrected chi connectivity index (χ0v) is 33.5. The minimum Gasteiger partial charge on any atom is -0.492 e. The topological polar surface area (TPSA) is 83.6 Å². The fourth-order valence-corrected chi connectivity index (χ4v) is 6.75. The van der Waals surface area contributed by atoms with Gasteiger partial charge in [-0.05, 0) is 74.6 Å². The third-order valence-corrected chi connectivity index (χ3v) is 9.40. The molecule has 0 aromatic heterocycles. The zero-order valence-electron chi connectivity index (χ0n) is 31.1. The number of para-hydroxylation sites is 1. The standard InChI is InChI=1S/C40H53ClN4O5.2ClH/c1-40(2,3)28-45-33-18-17-30(41)26-32(33)37(50-35(39(45)47)27-36(46)44-23-21-43(4)22-24-44)31-15-9-16-34(38(31)48-5)49-25-11-20-42-19-10-14-29-12-7-6-8-13-29;;/h6-9,12-13,15-18,26,35,37,42H,10-11,14,19-25,27-28H2,1-5H3;2*1H/t35-,37-;;/m0../s1. The smallest absolute Gasteiger partial charge is 0.256 e. The minimum atomic E-state index is -1.01. The van der Waals surface area contributed by atoms with Crippen molar-refractivity contribution in [2.24, 2.45) is 5.41 Å². The van der Waals surface area contributed by atoms with Crippen molar-refractivity contribution in [1.82, 2.24) is 15.1 Å². The number of carbonyl (C=O) groups is 2. The van der Waals surface area contributed by atoms with Crippen molar-refractivity contribution in [3.63, 3.8) is 0 Å². The maximum Gasteiger partial charge on any atom is 0.256 e. The van der Waals surface area contributed by atoms with Crippen LogP contribution in [-0.2, 0) is 20.7 Å². The molecule has 9 nitrogen and oxygen atoms in total. The number of benzene rings is 3. The number of likely N-dealkylation sites (N-methyl/N-ethyl adjacent to an activating group) is 1. The Morgan fingerprint density at radius 3 is 2.35 bits per heavy atom. The highest BCUT2D eigenvalue weighted by Gasteiger charge is 2.41. The van der Waals surface area contributed by atoms with Gasteiger partial charge < -0.3 is 34.2 Å². The molecule has 2 aliphatic rings. The molecule has 12 heteroatoms. The van der Waals surface area contributed by atoms with Crippen LogP contribution >= 0.6 is 36.4 Å². The Balaban J connectivity index is 0.00000364. The number of aryl methyl sites for hydroxylation is 1. The summed E-state index contributed by atoms with van der Waals surface area (Å²) in [7, 11) is 3.66. The van der Waals surface area contributed by atoms with Gasteiger partial charge in [0.05, 0.1) is 20.1 Å². The van der Waals surface area contributed by atoms with E-state index in [9.17, 15) is 9.59 Å². The largest absolute Gasteiger partial charge is 0.492 e. The highest BCUT2D eigenvalue weighted by Crippen LogP contribution is 2.45. The lowest BCUT2D eigenvalue weighted by Gasteiger charge is -2.34. The van der Waals surface area contributed by atoms with Crippen LogP contribution in [0.4, 0.5) is 5.69 Å². The maximum absolute atomic E-state index is 14.4. The molecule has 52 heavy (non-hydrogen) atoms. The van der Waals surface area contributed by atoms with Crippen LogP contribution in [0.25, 0.3) is 0 Å². The molecular formula is C40H55Cl3N4O5. The Kier molecular flexibility index (Phi) is 17.0. The van der Waals surface area contributed by atoms with E-state index in [1.807, 2.05) is 48.3 Å². The molecule has 0 radical (unpaired) electrons. The van der Waals surface area contributed by atoms with Crippen LogP contribution in [0.1, 0.15) is 62.8 Å². The fourth-order valence-electron chi connectivity index (χ4n) is 6.56. The highest BCUT2D eigenvalue weighted by atomic mass is 35.5. The molecule has 1 fully saturated rings. The summed E-state index contributed by atoms with van der Waals surface area (Å²) in [6, 6.07) is 21.8. The number of fused-ring (bicyclic) bond motifs is 1. The van der Waals surface area contributed by atoms with Gasteiger partial charge in [-0.25, -0.2) is 0 Å². The molecular weight excluding hydrogens is 723 g/mol. The lowest BCUT2D eigenvalue weighted by atomic mass is 9.94. The molecule has 0 aliphatic carbocycles. The van der Waals surface area contributed by atoms with E-state index in [0.29, 0.717) is 54.0 Å². The number of hydrogen-bond donors (Lipinski definition) is 1. The van der Waals surface area contributed by atoms with E-state index >= 15 is 0 Å². The predicted molar refractivity (Wildman–Crippen MR) is 214 cm³/mol. The molecule has 1 saturated heterocycles. The van der Waals surface area contributed by atoms with Gasteiger partial charge in [-0.3, -0.25) is 9.59 Å². The van der Waals surface area contributed by atoms with Gasteiger partial charge in [0, 0.05) is 54.6 Å². The Bertz CT molecular complexity index is 1580. The average Bonchev–Trinajstić information content (AvgIpc) is 3.19. The molecule has 0 spiro atoms. The molecule has 0 bridgehead atoms. The summed E-state index contributed by atoms with van der Waals surface area (Å²) in [4.78, 5) is 33.9. The van der Waals surface area contributed by atoms with Gasteiger partial charge in [0.25, 0.3) is 5.91 Å². The van der Waals surface area contributed by atoms with Crippen molar-refractivity contribution in [2.45, 2.75) is 58.7 Å². The van der Waals surface area contributed by atoms with E-state index in [1.165, 1.54) is 5.56 Å². The van der Waals surface area contributed by atoms with Gasteiger partial charge in [-0.2, -0.15) is 0 Å². The first-order chi connectivity index (χ1) is 24.0. The summed E-state index contributed by atoms with van der Waals surface area (Å²) in [5.74, 6) is 0.789. The van der Waals surface area contributed by atoms with Crippen molar-refractivity contribution in [1.29, 1.82) is 0 Å². The number of amides is 2. The van der Waals surface area contributed by atoms with E-state index in [4.69, 9.17) is 25.8 Å². The summed E-state index contributed by atoms with van der Waals surface area (Å²) < 4.78 is 19.0. The van der Waals surface area contributed by atoms with Gasteiger partial charge in [0.1, 0.15) is 12.2 Å². The van der Waals surface area contributed by atoms with Gasteiger partial charge in [-0.1, -0.05) is 74.8 Å². The SMILES string of the molecule is COc1c(OCCCNCCCc2ccccc2)cccc1[C@@H]1O[C@@H](CC(=O)N2CCN(C)CC2)C(=O)N(CC(C)(C)C)c2ccc(Cl)cc21.Cl.Cl. The molecule has 0 unspecified atom stereocenters. The second kappa shape index (κ2) is 20.4. The summed E-state index contributed by atoms with van der Waals surface area (Å²) in [6.07, 6.45) is 1.14. The van der Waals surface area contributed by atoms with Gasteiger partial charge >= 0.3 is 0 Å². The fraction of sp³-hybridized carbons (Fsp3) is 0.500. The first-order valence-corrected chi connectivity index (χ1v) is 18.2. The Labute approximate surface area is 327 Å². The van der Waals surface area contributed by atoms with Crippen molar-refractivity contribution in [2.75, 3.05) is 71.5 Å². The lowest BCUT2D eigenvalue weighted by Crippen LogP contribution is -2.50. The van der Waals surface area contributed by atoms with Crippen LogP contribution in [0.2, 0.25) is 5.02 Å². The second-order valence-electron chi connectivity index (χ2n) is 14.5. The number of hydrogen-bond acceptors (Lipinski definition) is 7. The quantitative estimate of drug-likeness (QED) is 0.173. The molecule has 3 aromatic rings. The third kappa shape index (κ3) is 11.7. The molecule has 0 saturated carbocycles. The molecule has 2 heterocycles. The summed E-state index contributed by atoms with van der Waals surface area (Å²) in [5, 5.41) is 4.04. The molecule has 286 valence electrons. The van der Waals surface area contributed by atoms with E-state index in [2.05, 4.69) is 55.3 Å². The van der Waals surface area contributed by atoms with Crippen LogP contribution in [0, 0.1) is 5.41 Å². The molecule has 3 aromatic carbocycles. The van der Waals surface area contributed by atoms with Crippen LogP contribution in [0.3, 0.4) is 0 Å². The Morgan fingerprint density at radius 2 is 1.65 bits per heavy atom. The number of ether oxygens (including phenoxy) is 3. The van der Waals surface area contributed by atoms with E-state index in [1.54, 1.807) is 18.1 Å². The normalized spacial score (nSPS) is 17.8. The van der Waals surface area contributed by atoms with Gasteiger partial charge in [0.15, 0.2) is 11.5 Å². The molecule has 2 aliphatic heterocycles. The van der Waals surface area contributed by atoms with Crippen molar-refractivity contribution in [3.05, 3.63) is 88.4 Å². The highest BCUT2D eigenvalue weighted by molar-refractivity contribution is 6.30. The minimum absolute atomic E-state index is 0. The summed E-state index contributed by atoms with van der Waals surface area (Å²) >= 11 is 6.61.